The fourth-order valence-electron chi connectivity index (χ4n) is 3.31. The van der Waals surface area contributed by atoms with Gasteiger partial charge in [-0.05, 0) is 48.4 Å². The predicted molar refractivity (Wildman–Crippen MR) is 130 cm³/mol. The van der Waals surface area contributed by atoms with Crippen molar-refractivity contribution in [1.82, 2.24) is 20.5 Å². The normalized spacial score (nSPS) is 10.6. The Balaban J connectivity index is 1.47. The first-order chi connectivity index (χ1) is 17.0. The maximum atomic E-state index is 12.4. The third kappa shape index (κ3) is 7.54. The van der Waals surface area contributed by atoms with Crippen molar-refractivity contribution in [1.29, 1.82) is 0 Å². The summed E-state index contributed by atoms with van der Waals surface area (Å²) in [5, 5.41) is 11.0. The molecule has 1 heterocycles. The van der Waals surface area contributed by atoms with E-state index in [1.165, 1.54) is 0 Å². The molecule has 35 heavy (non-hydrogen) atoms. The molecule has 0 radical (unpaired) electrons. The van der Waals surface area contributed by atoms with Gasteiger partial charge < -0.3 is 29.2 Å². The van der Waals surface area contributed by atoms with E-state index in [1.54, 1.807) is 45.6 Å². The number of nitrogens with zero attached hydrogens (tertiary/aromatic N) is 2. The number of hydrogen-bond donors (Lipinski definition) is 2. The maximum absolute atomic E-state index is 12.4. The van der Waals surface area contributed by atoms with E-state index < -0.39 is 0 Å². The molecule has 2 aromatic carbocycles. The fraction of sp³-hybridized carbons (Fsp3) is 0.360. The summed E-state index contributed by atoms with van der Waals surface area (Å²) < 4.78 is 21.0. The lowest BCUT2D eigenvalue weighted by atomic mass is 10.1. The Bertz CT molecular complexity index is 1160. The minimum atomic E-state index is -0.367. The SMILES string of the molecule is COCCOc1ccc(-c2nnc(CCC(=O)NCCc3ccc(OC)c(OC)c3)c(=O)[nH]2)cc1. The topological polar surface area (TPSA) is 125 Å². The van der Waals surface area contributed by atoms with E-state index in [0.29, 0.717) is 54.8 Å². The largest absolute Gasteiger partial charge is 0.493 e. The lowest BCUT2D eigenvalue weighted by molar-refractivity contribution is -0.121. The van der Waals surface area contributed by atoms with Gasteiger partial charge in [-0.1, -0.05) is 6.07 Å². The number of H-pyrrole nitrogens is 1. The van der Waals surface area contributed by atoms with Gasteiger partial charge >= 0.3 is 0 Å². The number of ether oxygens (including phenoxy) is 4. The molecule has 10 heteroatoms. The number of aryl methyl sites for hydroxylation is 1. The summed E-state index contributed by atoms with van der Waals surface area (Å²) in [6, 6.07) is 12.8. The van der Waals surface area contributed by atoms with Crippen LogP contribution in [0, 0.1) is 0 Å². The van der Waals surface area contributed by atoms with E-state index in [1.807, 2.05) is 18.2 Å². The standard InChI is InChI=1S/C25H30N4O6/c1-32-14-15-35-19-7-5-18(6-8-19)24-27-25(31)20(28-29-24)9-11-23(30)26-13-12-17-4-10-21(33-2)22(16-17)34-3/h4-8,10,16H,9,11-15H2,1-3H3,(H,26,30)(H,27,29,31). The highest BCUT2D eigenvalue weighted by molar-refractivity contribution is 5.76. The number of aromatic amines is 1. The Morgan fingerprint density at radius 2 is 1.71 bits per heavy atom. The Morgan fingerprint density at radius 3 is 2.40 bits per heavy atom. The molecule has 0 saturated heterocycles. The average Bonchev–Trinajstić information content (AvgIpc) is 2.88. The Hall–Kier alpha value is -3.92. The van der Waals surface area contributed by atoms with E-state index in [4.69, 9.17) is 18.9 Å². The van der Waals surface area contributed by atoms with Crippen LogP contribution in [0.15, 0.2) is 47.3 Å². The van der Waals surface area contributed by atoms with Crippen LogP contribution in [0.3, 0.4) is 0 Å². The van der Waals surface area contributed by atoms with Gasteiger partial charge in [-0.15, -0.1) is 10.2 Å². The molecule has 10 nitrogen and oxygen atoms in total. The van der Waals surface area contributed by atoms with Gasteiger partial charge in [0.1, 0.15) is 18.1 Å². The van der Waals surface area contributed by atoms with E-state index in [9.17, 15) is 9.59 Å². The monoisotopic (exact) mass is 482 g/mol. The zero-order chi connectivity index (χ0) is 25.0. The predicted octanol–water partition coefficient (Wildman–Crippen LogP) is 2.17. The minimum Gasteiger partial charge on any atom is -0.493 e. The zero-order valence-corrected chi connectivity index (χ0v) is 20.1. The van der Waals surface area contributed by atoms with E-state index in [-0.39, 0.29) is 30.0 Å². The summed E-state index contributed by atoms with van der Waals surface area (Å²) in [5.41, 5.74) is 1.56. The van der Waals surface area contributed by atoms with Crippen molar-refractivity contribution in [2.24, 2.45) is 0 Å². The quantitative estimate of drug-likeness (QED) is 0.355. The molecule has 0 aliphatic rings. The first-order valence-electron chi connectivity index (χ1n) is 11.2. The van der Waals surface area contributed by atoms with Crippen molar-refractivity contribution in [3.63, 3.8) is 0 Å². The van der Waals surface area contributed by atoms with Crippen molar-refractivity contribution in [2.45, 2.75) is 19.3 Å². The highest BCUT2D eigenvalue weighted by Gasteiger charge is 2.10. The number of methoxy groups -OCH3 is 3. The molecule has 0 aliphatic heterocycles. The lowest BCUT2D eigenvalue weighted by Crippen LogP contribution is -2.27. The molecule has 0 saturated carbocycles. The van der Waals surface area contributed by atoms with Gasteiger partial charge in [0, 0.05) is 32.1 Å². The van der Waals surface area contributed by atoms with Crippen LogP contribution in [-0.4, -0.2) is 62.2 Å². The van der Waals surface area contributed by atoms with Gasteiger partial charge in [0.2, 0.25) is 5.91 Å². The van der Waals surface area contributed by atoms with E-state index in [0.717, 1.165) is 5.56 Å². The molecular formula is C25H30N4O6. The van der Waals surface area contributed by atoms with E-state index >= 15 is 0 Å². The van der Waals surface area contributed by atoms with Crippen LogP contribution in [0.5, 0.6) is 17.2 Å². The summed E-state index contributed by atoms with van der Waals surface area (Å²) in [4.78, 5) is 27.4. The van der Waals surface area contributed by atoms with Crippen molar-refractivity contribution in [3.8, 4) is 28.6 Å². The van der Waals surface area contributed by atoms with Crippen molar-refractivity contribution in [2.75, 3.05) is 41.1 Å². The molecule has 2 N–H and O–H groups in total. The summed E-state index contributed by atoms with van der Waals surface area (Å²) in [6.07, 6.45) is 0.963. The number of carbonyl (C=O) groups excluding carboxylic acids is 1. The van der Waals surface area contributed by atoms with Gasteiger partial charge in [0.05, 0.1) is 20.8 Å². The van der Waals surface area contributed by atoms with Gasteiger partial charge in [-0.25, -0.2) is 0 Å². The molecule has 3 aromatic rings. The molecule has 0 spiro atoms. The smallest absolute Gasteiger partial charge is 0.273 e. The molecule has 0 aliphatic carbocycles. The average molecular weight is 483 g/mol. The van der Waals surface area contributed by atoms with Crippen LogP contribution in [-0.2, 0) is 22.4 Å². The van der Waals surface area contributed by atoms with Gasteiger partial charge in [0.25, 0.3) is 5.56 Å². The van der Waals surface area contributed by atoms with Crippen molar-refractivity contribution >= 4 is 5.91 Å². The summed E-state index contributed by atoms with van der Waals surface area (Å²) >= 11 is 0. The van der Waals surface area contributed by atoms with Crippen LogP contribution in [0.2, 0.25) is 0 Å². The lowest BCUT2D eigenvalue weighted by Gasteiger charge is -2.10. The second kappa shape index (κ2) is 13.1. The number of amides is 1. The van der Waals surface area contributed by atoms with Gasteiger partial charge in [0.15, 0.2) is 17.3 Å². The Labute approximate surface area is 203 Å². The van der Waals surface area contributed by atoms with Gasteiger partial charge in [-0.3, -0.25) is 9.59 Å². The molecule has 1 aromatic heterocycles. The Morgan fingerprint density at radius 1 is 0.943 bits per heavy atom. The van der Waals surface area contributed by atoms with Crippen LogP contribution >= 0.6 is 0 Å². The highest BCUT2D eigenvalue weighted by atomic mass is 16.5. The molecule has 0 bridgehead atoms. The van der Waals surface area contributed by atoms with Crippen molar-refractivity contribution in [3.05, 3.63) is 64.1 Å². The minimum absolute atomic E-state index is 0.135. The fourth-order valence-corrected chi connectivity index (χ4v) is 3.31. The second-order valence-corrected chi connectivity index (χ2v) is 7.60. The number of rotatable bonds is 13. The number of hydrogen-bond acceptors (Lipinski definition) is 8. The van der Waals surface area contributed by atoms with E-state index in [2.05, 4.69) is 20.5 Å². The molecule has 186 valence electrons. The summed E-state index contributed by atoms with van der Waals surface area (Å²) in [6.45, 7) is 1.41. The van der Waals surface area contributed by atoms with Crippen LogP contribution < -0.4 is 25.1 Å². The van der Waals surface area contributed by atoms with Crippen LogP contribution in [0.4, 0.5) is 0 Å². The highest BCUT2D eigenvalue weighted by Crippen LogP contribution is 2.27. The molecule has 0 atom stereocenters. The summed E-state index contributed by atoms with van der Waals surface area (Å²) in [7, 11) is 4.77. The molecule has 0 unspecified atom stereocenters. The van der Waals surface area contributed by atoms with Gasteiger partial charge in [-0.2, -0.15) is 0 Å². The number of carbonyl (C=O) groups is 1. The third-order valence-corrected chi connectivity index (χ3v) is 5.22. The Kier molecular flexibility index (Phi) is 9.61. The molecular weight excluding hydrogens is 452 g/mol. The zero-order valence-electron chi connectivity index (χ0n) is 20.1. The number of aromatic nitrogens is 3. The first kappa shape index (κ1) is 25.7. The number of nitrogens with one attached hydrogen (secondary N) is 2. The van der Waals surface area contributed by atoms with Crippen LogP contribution in [0.1, 0.15) is 17.7 Å². The maximum Gasteiger partial charge on any atom is 0.273 e. The number of benzene rings is 2. The molecule has 1 amide bonds. The molecule has 0 fully saturated rings. The van der Waals surface area contributed by atoms with Crippen molar-refractivity contribution < 1.29 is 23.7 Å². The molecule has 3 rings (SSSR count). The van der Waals surface area contributed by atoms with Crippen LogP contribution in [0.25, 0.3) is 11.4 Å². The second-order valence-electron chi connectivity index (χ2n) is 7.60. The third-order valence-electron chi connectivity index (χ3n) is 5.22. The summed E-state index contributed by atoms with van der Waals surface area (Å²) in [5.74, 6) is 2.17. The first-order valence-corrected chi connectivity index (χ1v) is 11.2.